The number of ketones is 1. The lowest BCUT2D eigenvalue weighted by atomic mass is 9.94. The van der Waals surface area contributed by atoms with Gasteiger partial charge in [0.25, 0.3) is 11.7 Å². The van der Waals surface area contributed by atoms with Crippen molar-refractivity contribution in [1.29, 1.82) is 0 Å². The summed E-state index contributed by atoms with van der Waals surface area (Å²) in [5.41, 5.74) is 0.267. The van der Waals surface area contributed by atoms with Gasteiger partial charge in [0.2, 0.25) is 0 Å². The zero-order valence-electron chi connectivity index (χ0n) is 20.0. The molecule has 3 aromatic carbocycles. The number of Topliss-reactive ketones (excluding diaryl/α,β-unsaturated/α-hetero) is 1. The van der Waals surface area contributed by atoms with Gasteiger partial charge in [-0.25, -0.2) is 0 Å². The number of alkyl halides is 3. The maximum atomic E-state index is 13.2. The van der Waals surface area contributed by atoms with Crippen molar-refractivity contribution >= 4 is 23.1 Å². The second kappa shape index (κ2) is 10.0. The molecule has 0 radical (unpaired) electrons. The number of carbonyl (C=O) groups excluding carboxylic acids is 2. The Bertz CT molecular complexity index is 1360. The van der Waals surface area contributed by atoms with Gasteiger partial charge >= 0.3 is 6.18 Å². The van der Waals surface area contributed by atoms with Crippen LogP contribution in [0.3, 0.4) is 0 Å². The van der Waals surface area contributed by atoms with Crippen molar-refractivity contribution in [3.63, 3.8) is 0 Å². The van der Waals surface area contributed by atoms with Crippen molar-refractivity contribution in [2.24, 2.45) is 0 Å². The molecule has 3 aromatic rings. The summed E-state index contributed by atoms with van der Waals surface area (Å²) in [5, 5.41) is 21.0. The highest BCUT2D eigenvalue weighted by molar-refractivity contribution is 6.51. The summed E-state index contributed by atoms with van der Waals surface area (Å²) < 4.78 is 44.9. The molecule has 2 N–H and O–H groups in total. The Kier molecular flexibility index (Phi) is 6.98. The van der Waals surface area contributed by atoms with Crippen molar-refractivity contribution in [1.82, 2.24) is 0 Å². The Hall–Kier alpha value is -4.27. The normalized spacial score (nSPS) is 17.3. The number of anilines is 1. The molecular formula is C28H24F3NO5. The maximum Gasteiger partial charge on any atom is 0.416 e. The van der Waals surface area contributed by atoms with Crippen molar-refractivity contribution in [2.45, 2.75) is 32.5 Å². The predicted octanol–water partition coefficient (Wildman–Crippen LogP) is 6.13. The molecule has 0 aliphatic carbocycles. The van der Waals surface area contributed by atoms with E-state index in [1.54, 1.807) is 25.1 Å². The molecule has 1 atom stereocenters. The predicted molar refractivity (Wildman–Crippen MR) is 131 cm³/mol. The number of amides is 1. The molecule has 0 saturated carbocycles. The first kappa shape index (κ1) is 25.8. The number of phenols is 1. The molecule has 192 valence electrons. The number of aryl methyl sites for hydroxylation is 1. The largest absolute Gasteiger partial charge is 0.508 e. The highest BCUT2D eigenvalue weighted by Crippen LogP contribution is 2.43. The highest BCUT2D eigenvalue weighted by Gasteiger charge is 2.47. The SMILES string of the molecule is CCCOc1ccc(/C(O)=C2/C(=O)C(=O)N(c3ccc(C(F)(F)F)cc3)C2c2ccc(O)cc2)cc1C. The smallest absolute Gasteiger partial charge is 0.416 e. The quantitative estimate of drug-likeness (QED) is 0.236. The van der Waals surface area contributed by atoms with Gasteiger partial charge in [0.15, 0.2) is 0 Å². The number of carbonyl (C=O) groups is 2. The molecule has 6 nitrogen and oxygen atoms in total. The number of rotatable bonds is 6. The molecule has 1 fully saturated rings. The van der Waals surface area contributed by atoms with Gasteiger partial charge in [-0.15, -0.1) is 0 Å². The second-order valence-electron chi connectivity index (χ2n) is 8.63. The van der Waals surface area contributed by atoms with Gasteiger partial charge in [-0.2, -0.15) is 13.2 Å². The minimum Gasteiger partial charge on any atom is -0.508 e. The number of ether oxygens (including phenoxy) is 1. The lowest BCUT2D eigenvalue weighted by Crippen LogP contribution is -2.29. The second-order valence-corrected chi connectivity index (χ2v) is 8.63. The minimum atomic E-state index is -4.58. The highest BCUT2D eigenvalue weighted by atomic mass is 19.4. The van der Waals surface area contributed by atoms with Gasteiger partial charge in [0, 0.05) is 11.3 Å². The Morgan fingerprint density at radius 1 is 1.00 bits per heavy atom. The fourth-order valence-corrected chi connectivity index (χ4v) is 4.21. The lowest BCUT2D eigenvalue weighted by molar-refractivity contribution is -0.137. The van der Waals surface area contributed by atoms with Crippen LogP contribution < -0.4 is 9.64 Å². The van der Waals surface area contributed by atoms with Gasteiger partial charge in [0.05, 0.1) is 23.8 Å². The first-order valence-electron chi connectivity index (χ1n) is 11.5. The summed E-state index contributed by atoms with van der Waals surface area (Å²) in [6.45, 7) is 4.25. The molecule has 0 spiro atoms. The third-order valence-electron chi connectivity index (χ3n) is 6.04. The first-order chi connectivity index (χ1) is 17.5. The number of aliphatic hydroxyl groups is 1. The van der Waals surface area contributed by atoms with Crippen molar-refractivity contribution in [3.8, 4) is 11.5 Å². The monoisotopic (exact) mass is 511 g/mol. The Morgan fingerprint density at radius 2 is 1.65 bits per heavy atom. The average molecular weight is 511 g/mol. The van der Waals surface area contributed by atoms with Crippen LogP contribution >= 0.6 is 0 Å². The number of aliphatic hydroxyl groups excluding tert-OH is 1. The first-order valence-corrected chi connectivity index (χ1v) is 11.5. The summed E-state index contributed by atoms with van der Waals surface area (Å²) in [7, 11) is 0. The van der Waals surface area contributed by atoms with Crippen molar-refractivity contribution in [2.75, 3.05) is 11.5 Å². The van der Waals surface area contributed by atoms with Crippen LogP contribution in [0.4, 0.5) is 18.9 Å². The summed E-state index contributed by atoms with van der Waals surface area (Å²) in [5.74, 6) is -1.87. The molecular weight excluding hydrogens is 487 g/mol. The topological polar surface area (TPSA) is 87.1 Å². The lowest BCUT2D eigenvalue weighted by Gasteiger charge is -2.26. The van der Waals surface area contributed by atoms with E-state index >= 15 is 0 Å². The third-order valence-corrected chi connectivity index (χ3v) is 6.04. The molecule has 4 rings (SSSR count). The van der Waals surface area contributed by atoms with E-state index in [1.165, 1.54) is 24.3 Å². The fourth-order valence-electron chi connectivity index (χ4n) is 4.21. The molecule has 1 aliphatic heterocycles. The van der Waals surface area contributed by atoms with Crippen molar-refractivity contribution < 1.29 is 37.7 Å². The molecule has 1 aliphatic rings. The van der Waals surface area contributed by atoms with Gasteiger partial charge in [-0.05, 0) is 79.1 Å². The molecule has 0 bridgehead atoms. The molecule has 1 unspecified atom stereocenters. The van der Waals surface area contributed by atoms with Crippen LogP contribution in [0.15, 0.2) is 72.3 Å². The zero-order chi connectivity index (χ0) is 26.9. The van der Waals surface area contributed by atoms with E-state index in [-0.39, 0.29) is 22.6 Å². The van der Waals surface area contributed by atoms with E-state index in [0.29, 0.717) is 23.5 Å². The van der Waals surface area contributed by atoms with E-state index in [1.807, 2.05) is 6.92 Å². The third kappa shape index (κ3) is 5.02. The molecule has 37 heavy (non-hydrogen) atoms. The number of hydrogen-bond acceptors (Lipinski definition) is 5. The van der Waals surface area contributed by atoms with Crippen LogP contribution in [0.1, 0.15) is 41.6 Å². The van der Waals surface area contributed by atoms with Crippen molar-refractivity contribution in [3.05, 3.63) is 94.6 Å². The minimum absolute atomic E-state index is 0.0479. The number of benzene rings is 3. The molecule has 1 saturated heterocycles. The number of halogens is 3. The van der Waals surface area contributed by atoms with E-state index in [4.69, 9.17) is 4.74 Å². The number of nitrogens with zero attached hydrogens (tertiary/aromatic N) is 1. The van der Waals surface area contributed by atoms with E-state index in [0.717, 1.165) is 35.6 Å². The fraction of sp³-hybridized carbons (Fsp3) is 0.214. The summed E-state index contributed by atoms with van der Waals surface area (Å²) in [4.78, 5) is 27.4. The Labute approximate surface area is 211 Å². The number of phenolic OH excluding ortho intramolecular Hbond substituents is 1. The summed E-state index contributed by atoms with van der Waals surface area (Å²) in [6, 6.07) is 13.2. The van der Waals surface area contributed by atoms with Gasteiger partial charge in [0.1, 0.15) is 17.3 Å². The van der Waals surface area contributed by atoms with Gasteiger partial charge in [-0.1, -0.05) is 19.1 Å². The van der Waals surface area contributed by atoms with Gasteiger partial charge < -0.3 is 14.9 Å². The van der Waals surface area contributed by atoms with Crippen LogP contribution in [0.2, 0.25) is 0 Å². The zero-order valence-corrected chi connectivity index (χ0v) is 20.0. The summed E-state index contributed by atoms with van der Waals surface area (Å²) >= 11 is 0. The van der Waals surface area contributed by atoms with E-state index < -0.39 is 35.2 Å². The Balaban J connectivity index is 1.85. The molecule has 9 heteroatoms. The van der Waals surface area contributed by atoms with Crippen LogP contribution in [0.5, 0.6) is 11.5 Å². The number of aromatic hydroxyl groups is 1. The van der Waals surface area contributed by atoms with E-state index in [2.05, 4.69) is 0 Å². The molecule has 1 amide bonds. The van der Waals surface area contributed by atoms with Crippen LogP contribution in [0.25, 0.3) is 5.76 Å². The molecule has 0 aromatic heterocycles. The number of hydrogen-bond donors (Lipinski definition) is 2. The van der Waals surface area contributed by atoms with Crippen LogP contribution in [-0.4, -0.2) is 28.5 Å². The van der Waals surface area contributed by atoms with Crippen LogP contribution in [-0.2, 0) is 15.8 Å². The Morgan fingerprint density at radius 3 is 2.22 bits per heavy atom. The maximum absolute atomic E-state index is 13.2. The standard InChI is InChI=1S/C28H24F3NO5/c1-3-14-37-22-13-6-18(15-16(22)2)25(34)23-24(17-4-11-21(33)12-5-17)32(27(36)26(23)35)20-9-7-19(8-10-20)28(29,30)31/h4-13,15,24,33-34H,3,14H2,1-2H3/b25-23-. The van der Waals surface area contributed by atoms with Gasteiger partial charge in [-0.3, -0.25) is 14.5 Å². The summed E-state index contributed by atoms with van der Waals surface area (Å²) in [6.07, 6.45) is -3.77. The van der Waals surface area contributed by atoms with E-state index in [9.17, 15) is 33.0 Å². The molecule has 1 heterocycles. The van der Waals surface area contributed by atoms with Crippen LogP contribution in [0, 0.1) is 6.92 Å². The average Bonchev–Trinajstić information content (AvgIpc) is 3.13.